The topological polar surface area (TPSA) is 66.4 Å². The molecule has 0 aromatic heterocycles. The number of rotatable bonds is 5. The maximum atomic E-state index is 14.0. The molecule has 4 nitrogen and oxygen atoms in total. The Bertz CT molecular complexity index is 618. The van der Waals surface area contributed by atoms with Crippen LogP contribution in [0.1, 0.15) is 44.2 Å². The van der Waals surface area contributed by atoms with E-state index >= 15 is 0 Å². The summed E-state index contributed by atoms with van der Waals surface area (Å²) in [5, 5.41) is 12.9. The average molecular weight is 329 g/mol. The summed E-state index contributed by atoms with van der Waals surface area (Å²) in [5.74, 6) is -0.479. The van der Waals surface area contributed by atoms with E-state index in [2.05, 4.69) is 5.32 Å². The van der Waals surface area contributed by atoms with Crippen molar-refractivity contribution in [1.29, 1.82) is 0 Å². The van der Waals surface area contributed by atoms with Gasteiger partial charge in [-0.1, -0.05) is 18.9 Å². The van der Waals surface area contributed by atoms with Gasteiger partial charge in [-0.3, -0.25) is 0 Å². The third-order valence-corrected chi connectivity index (χ3v) is 5.59. The molecule has 3 atom stereocenters. The van der Waals surface area contributed by atoms with Crippen molar-refractivity contribution in [1.82, 2.24) is 5.32 Å². The lowest BCUT2D eigenvalue weighted by atomic mass is 9.84. The van der Waals surface area contributed by atoms with E-state index < -0.39 is 15.7 Å². The summed E-state index contributed by atoms with van der Waals surface area (Å²) in [7, 11) is -3.54. The highest BCUT2D eigenvalue weighted by atomic mass is 32.2. The Kier molecular flexibility index (Phi) is 5.58. The summed E-state index contributed by atoms with van der Waals surface area (Å²) in [5.41, 5.74) is 0.715. The van der Waals surface area contributed by atoms with Gasteiger partial charge in [0.15, 0.2) is 9.84 Å². The van der Waals surface area contributed by atoms with Gasteiger partial charge in [0.25, 0.3) is 0 Å². The highest BCUT2D eigenvalue weighted by Gasteiger charge is 2.26. The Balaban J connectivity index is 2.12. The van der Waals surface area contributed by atoms with Crippen LogP contribution in [0.15, 0.2) is 23.1 Å². The van der Waals surface area contributed by atoms with E-state index in [1.165, 1.54) is 12.1 Å². The standard InChI is InChI=1S/C16H24FNO3S/c1-11(18-15-6-4-3-5-13(15)10-19)12-7-8-16(14(17)9-12)22(2,20)21/h7-9,11,13,15,18-19H,3-6,10H2,1-2H3. The number of sulfone groups is 1. The Morgan fingerprint density at radius 2 is 2.05 bits per heavy atom. The number of hydrogen-bond donors (Lipinski definition) is 2. The van der Waals surface area contributed by atoms with E-state index in [1.807, 2.05) is 6.92 Å². The number of aliphatic hydroxyl groups excluding tert-OH is 1. The molecule has 1 aliphatic rings. The van der Waals surface area contributed by atoms with Gasteiger partial charge in [0.2, 0.25) is 0 Å². The molecule has 0 amide bonds. The lowest BCUT2D eigenvalue weighted by molar-refractivity contribution is 0.147. The SMILES string of the molecule is CC(NC1CCCCC1CO)c1ccc(S(C)(=O)=O)c(F)c1. The number of aliphatic hydroxyl groups is 1. The molecule has 6 heteroatoms. The van der Waals surface area contributed by atoms with E-state index in [1.54, 1.807) is 6.07 Å². The lowest BCUT2D eigenvalue weighted by Crippen LogP contribution is -2.41. The second-order valence-corrected chi connectivity index (χ2v) is 8.17. The number of halogens is 1. The van der Waals surface area contributed by atoms with E-state index in [-0.39, 0.29) is 29.5 Å². The molecule has 0 spiro atoms. The second kappa shape index (κ2) is 7.06. The van der Waals surface area contributed by atoms with Crippen LogP contribution in [0, 0.1) is 11.7 Å². The molecule has 0 saturated heterocycles. The molecule has 1 aromatic rings. The molecule has 0 radical (unpaired) electrons. The fourth-order valence-corrected chi connectivity index (χ4v) is 3.88. The molecule has 2 rings (SSSR count). The summed E-state index contributed by atoms with van der Waals surface area (Å²) < 4.78 is 36.9. The number of nitrogens with one attached hydrogen (secondary N) is 1. The second-order valence-electron chi connectivity index (χ2n) is 6.18. The lowest BCUT2D eigenvalue weighted by Gasteiger charge is -2.33. The van der Waals surface area contributed by atoms with Crippen molar-refractivity contribution in [3.63, 3.8) is 0 Å². The minimum atomic E-state index is -3.54. The zero-order valence-electron chi connectivity index (χ0n) is 13.0. The fraction of sp³-hybridized carbons (Fsp3) is 0.625. The molecule has 2 N–H and O–H groups in total. The Morgan fingerprint density at radius 3 is 2.64 bits per heavy atom. The van der Waals surface area contributed by atoms with Gasteiger partial charge < -0.3 is 10.4 Å². The highest BCUT2D eigenvalue weighted by Crippen LogP contribution is 2.27. The molecule has 0 bridgehead atoms. The van der Waals surface area contributed by atoms with Gasteiger partial charge in [0.05, 0.1) is 0 Å². The van der Waals surface area contributed by atoms with Gasteiger partial charge in [-0.25, -0.2) is 12.8 Å². The molecular formula is C16H24FNO3S. The van der Waals surface area contributed by atoms with Crippen LogP contribution >= 0.6 is 0 Å². The molecule has 1 fully saturated rings. The molecule has 0 aliphatic heterocycles. The van der Waals surface area contributed by atoms with Crippen LogP contribution in [0.4, 0.5) is 4.39 Å². The van der Waals surface area contributed by atoms with Gasteiger partial charge in [-0.2, -0.15) is 0 Å². The van der Waals surface area contributed by atoms with Gasteiger partial charge in [0.1, 0.15) is 10.7 Å². The van der Waals surface area contributed by atoms with Crippen molar-refractivity contribution in [3.8, 4) is 0 Å². The Morgan fingerprint density at radius 1 is 1.36 bits per heavy atom. The first-order valence-electron chi connectivity index (χ1n) is 7.69. The monoisotopic (exact) mass is 329 g/mol. The molecule has 1 aliphatic carbocycles. The van der Waals surface area contributed by atoms with E-state index in [4.69, 9.17) is 0 Å². The summed E-state index contributed by atoms with van der Waals surface area (Å²) >= 11 is 0. The molecule has 3 unspecified atom stereocenters. The fourth-order valence-electron chi connectivity index (χ4n) is 3.15. The normalized spacial score (nSPS) is 24.2. The molecular weight excluding hydrogens is 305 g/mol. The zero-order valence-corrected chi connectivity index (χ0v) is 13.9. The first kappa shape index (κ1) is 17.4. The maximum absolute atomic E-state index is 14.0. The summed E-state index contributed by atoms with van der Waals surface area (Å²) in [6.07, 6.45) is 5.26. The molecule has 124 valence electrons. The molecule has 1 aromatic carbocycles. The summed E-state index contributed by atoms with van der Waals surface area (Å²) in [6, 6.07) is 4.37. The maximum Gasteiger partial charge on any atom is 0.178 e. The van der Waals surface area contributed by atoms with Gasteiger partial charge in [-0.05, 0) is 43.4 Å². The van der Waals surface area contributed by atoms with Crippen molar-refractivity contribution in [3.05, 3.63) is 29.6 Å². The average Bonchev–Trinajstić information content (AvgIpc) is 2.46. The predicted molar refractivity (Wildman–Crippen MR) is 83.9 cm³/mol. The summed E-state index contributed by atoms with van der Waals surface area (Å²) in [6.45, 7) is 2.09. The van der Waals surface area contributed by atoms with Crippen LogP contribution in [0.3, 0.4) is 0 Å². The van der Waals surface area contributed by atoms with Gasteiger partial charge in [-0.15, -0.1) is 0 Å². The van der Waals surface area contributed by atoms with E-state index in [0.29, 0.717) is 5.56 Å². The quantitative estimate of drug-likeness (QED) is 0.871. The van der Waals surface area contributed by atoms with Gasteiger partial charge in [0, 0.05) is 24.9 Å². The van der Waals surface area contributed by atoms with Crippen LogP contribution in [-0.4, -0.2) is 32.4 Å². The summed E-state index contributed by atoms with van der Waals surface area (Å²) in [4.78, 5) is -0.269. The third kappa shape index (κ3) is 4.06. The highest BCUT2D eigenvalue weighted by molar-refractivity contribution is 7.90. The van der Waals surface area contributed by atoms with Crippen LogP contribution < -0.4 is 5.32 Å². The Hall–Kier alpha value is -0.980. The smallest absolute Gasteiger partial charge is 0.178 e. The first-order chi connectivity index (χ1) is 10.3. The largest absolute Gasteiger partial charge is 0.396 e. The van der Waals surface area contributed by atoms with Crippen molar-refractivity contribution in [2.24, 2.45) is 5.92 Å². The number of hydrogen-bond acceptors (Lipinski definition) is 4. The van der Waals surface area contributed by atoms with Crippen LogP contribution in [0.5, 0.6) is 0 Å². The van der Waals surface area contributed by atoms with Crippen molar-refractivity contribution >= 4 is 9.84 Å². The van der Waals surface area contributed by atoms with E-state index in [9.17, 15) is 17.9 Å². The Labute approximate surface area is 131 Å². The van der Waals surface area contributed by atoms with Crippen LogP contribution in [0.25, 0.3) is 0 Å². The third-order valence-electron chi connectivity index (χ3n) is 4.46. The minimum absolute atomic E-state index is 0.0970. The van der Waals surface area contributed by atoms with Crippen molar-refractivity contribution < 1.29 is 17.9 Å². The van der Waals surface area contributed by atoms with Gasteiger partial charge >= 0.3 is 0 Å². The van der Waals surface area contributed by atoms with E-state index in [0.717, 1.165) is 31.9 Å². The van der Waals surface area contributed by atoms with Crippen molar-refractivity contribution in [2.75, 3.05) is 12.9 Å². The van der Waals surface area contributed by atoms with Crippen molar-refractivity contribution in [2.45, 2.75) is 49.6 Å². The van der Waals surface area contributed by atoms with Crippen LogP contribution in [0.2, 0.25) is 0 Å². The predicted octanol–water partition coefficient (Wildman–Crippen LogP) is 2.43. The van der Waals surface area contributed by atoms with Crippen LogP contribution in [-0.2, 0) is 9.84 Å². The molecule has 0 heterocycles. The number of benzene rings is 1. The molecule has 1 saturated carbocycles. The first-order valence-corrected chi connectivity index (χ1v) is 9.58. The molecule has 22 heavy (non-hydrogen) atoms. The minimum Gasteiger partial charge on any atom is -0.396 e. The zero-order chi connectivity index (χ0) is 16.3.